The summed E-state index contributed by atoms with van der Waals surface area (Å²) >= 11 is 0. The predicted molar refractivity (Wildman–Crippen MR) is 109 cm³/mol. The van der Waals surface area contributed by atoms with E-state index in [9.17, 15) is 0 Å². The standard InChI is InChI=1S/C21H22N6/c1-2-16-5-6-23-17(16)9-15(1)10-26-8-7-24-20-18(26)3-4-19(25-20)27-13-21(14-27)11-22-12-21/h1-7,9,22-23H,8,10-14H2. The zero-order valence-corrected chi connectivity index (χ0v) is 15.2. The number of aliphatic imine (C=N–C) groups is 1. The average Bonchev–Trinajstić information content (AvgIpc) is 3.07. The van der Waals surface area contributed by atoms with Crippen LogP contribution >= 0.6 is 0 Å². The van der Waals surface area contributed by atoms with Gasteiger partial charge in [0.25, 0.3) is 0 Å². The molecule has 6 heteroatoms. The van der Waals surface area contributed by atoms with Crippen LogP contribution in [-0.2, 0) is 6.54 Å². The van der Waals surface area contributed by atoms with Crippen molar-refractivity contribution in [2.75, 3.05) is 42.5 Å². The minimum absolute atomic E-state index is 0.503. The number of fused-ring (bicyclic) bond motifs is 2. The topological polar surface area (TPSA) is 59.6 Å². The third kappa shape index (κ3) is 2.44. The fraction of sp³-hybridized carbons (Fsp3) is 0.333. The number of aromatic nitrogens is 2. The molecule has 6 nitrogen and oxygen atoms in total. The van der Waals surface area contributed by atoms with Crippen molar-refractivity contribution in [3.63, 3.8) is 0 Å². The van der Waals surface area contributed by atoms with E-state index in [1.165, 1.54) is 16.5 Å². The van der Waals surface area contributed by atoms with Gasteiger partial charge in [-0.05, 0) is 35.2 Å². The molecule has 1 spiro atoms. The molecule has 6 rings (SSSR count). The van der Waals surface area contributed by atoms with Crippen molar-refractivity contribution in [3.05, 3.63) is 48.2 Å². The number of hydrogen-bond donors (Lipinski definition) is 2. The van der Waals surface area contributed by atoms with Gasteiger partial charge in [0.1, 0.15) is 5.82 Å². The summed E-state index contributed by atoms with van der Waals surface area (Å²) in [6.45, 7) is 6.17. The van der Waals surface area contributed by atoms with Gasteiger partial charge in [-0.3, -0.25) is 0 Å². The summed E-state index contributed by atoms with van der Waals surface area (Å²) in [7, 11) is 0. The van der Waals surface area contributed by atoms with Gasteiger partial charge < -0.3 is 20.1 Å². The van der Waals surface area contributed by atoms with Gasteiger partial charge in [0.2, 0.25) is 0 Å². The molecule has 0 unspecified atom stereocenters. The number of H-pyrrole nitrogens is 1. The Labute approximate surface area is 157 Å². The molecule has 1 aromatic carbocycles. The highest BCUT2D eigenvalue weighted by Gasteiger charge is 2.48. The second kappa shape index (κ2) is 5.57. The molecule has 2 aromatic heterocycles. The van der Waals surface area contributed by atoms with E-state index in [0.29, 0.717) is 5.41 Å². The maximum Gasteiger partial charge on any atom is 0.177 e. The van der Waals surface area contributed by atoms with Crippen molar-refractivity contribution in [2.45, 2.75) is 6.54 Å². The highest BCUT2D eigenvalue weighted by atomic mass is 15.3. The highest BCUT2D eigenvalue weighted by molar-refractivity contribution is 5.82. The van der Waals surface area contributed by atoms with E-state index in [1.807, 2.05) is 12.4 Å². The summed E-state index contributed by atoms with van der Waals surface area (Å²) in [5, 5.41) is 4.63. The molecule has 0 atom stereocenters. The lowest BCUT2D eigenvalue weighted by Gasteiger charge is -2.56. The number of anilines is 2. The van der Waals surface area contributed by atoms with E-state index < -0.39 is 0 Å². The Kier molecular flexibility index (Phi) is 3.14. The molecule has 0 aliphatic carbocycles. The predicted octanol–water partition coefficient (Wildman–Crippen LogP) is 2.70. The molecular weight excluding hydrogens is 336 g/mol. The number of aromatic amines is 1. The summed E-state index contributed by atoms with van der Waals surface area (Å²) in [4.78, 5) is 17.4. The minimum Gasteiger partial charge on any atom is -0.361 e. The van der Waals surface area contributed by atoms with Crippen LogP contribution in [0, 0.1) is 5.41 Å². The van der Waals surface area contributed by atoms with Crippen LogP contribution in [0.1, 0.15) is 5.56 Å². The molecule has 0 bridgehead atoms. The third-order valence-electron chi connectivity index (χ3n) is 6.07. The van der Waals surface area contributed by atoms with E-state index in [4.69, 9.17) is 4.98 Å². The third-order valence-corrected chi connectivity index (χ3v) is 6.07. The Morgan fingerprint density at radius 2 is 2.00 bits per heavy atom. The Morgan fingerprint density at radius 3 is 2.85 bits per heavy atom. The van der Waals surface area contributed by atoms with Gasteiger partial charge in [0.05, 0.1) is 12.2 Å². The zero-order chi connectivity index (χ0) is 17.8. The molecule has 0 amide bonds. The monoisotopic (exact) mass is 358 g/mol. The van der Waals surface area contributed by atoms with Crippen LogP contribution in [0.3, 0.4) is 0 Å². The van der Waals surface area contributed by atoms with Gasteiger partial charge in [-0.1, -0.05) is 12.1 Å². The molecule has 136 valence electrons. The molecular formula is C21H22N6. The highest BCUT2D eigenvalue weighted by Crippen LogP contribution is 2.39. The maximum atomic E-state index is 4.85. The first kappa shape index (κ1) is 15.2. The van der Waals surface area contributed by atoms with Crippen LogP contribution in [0.25, 0.3) is 10.9 Å². The van der Waals surface area contributed by atoms with Crippen LogP contribution in [-0.4, -0.2) is 48.9 Å². The van der Waals surface area contributed by atoms with Crippen LogP contribution in [0.2, 0.25) is 0 Å². The van der Waals surface area contributed by atoms with E-state index in [-0.39, 0.29) is 0 Å². The molecule has 3 aliphatic rings. The average molecular weight is 358 g/mol. The molecule has 0 radical (unpaired) electrons. The largest absolute Gasteiger partial charge is 0.361 e. The first-order valence-electron chi connectivity index (χ1n) is 9.58. The van der Waals surface area contributed by atoms with Gasteiger partial charge in [-0.2, -0.15) is 0 Å². The minimum atomic E-state index is 0.503. The second-order valence-electron chi connectivity index (χ2n) is 8.06. The number of nitrogens with one attached hydrogen (secondary N) is 2. The van der Waals surface area contributed by atoms with Crippen molar-refractivity contribution >= 4 is 34.4 Å². The fourth-order valence-corrected chi connectivity index (χ4v) is 4.46. The summed E-state index contributed by atoms with van der Waals surface area (Å²) in [5.41, 5.74) is 4.10. The van der Waals surface area contributed by atoms with E-state index in [1.54, 1.807) is 0 Å². The van der Waals surface area contributed by atoms with Crippen LogP contribution in [0.5, 0.6) is 0 Å². The first-order chi connectivity index (χ1) is 13.3. The van der Waals surface area contributed by atoms with Crippen LogP contribution in [0.4, 0.5) is 17.3 Å². The van der Waals surface area contributed by atoms with Gasteiger partial charge in [-0.15, -0.1) is 0 Å². The van der Waals surface area contributed by atoms with Crippen molar-refractivity contribution < 1.29 is 0 Å². The first-order valence-corrected chi connectivity index (χ1v) is 9.58. The Bertz CT molecular complexity index is 1040. The molecule has 2 fully saturated rings. The quantitative estimate of drug-likeness (QED) is 0.756. The zero-order valence-electron chi connectivity index (χ0n) is 15.2. The van der Waals surface area contributed by atoms with Gasteiger partial charge in [0.15, 0.2) is 5.82 Å². The molecule has 27 heavy (non-hydrogen) atoms. The Hall–Kier alpha value is -2.86. The SMILES string of the molecule is C1=Nc2nc(N3CC4(CNC4)C3)ccc2N(Cc2ccc3cc[nH]c3c2)C1. The van der Waals surface area contributed by atoms with E-state index >= 15 is 0 Å². The number of benzene rings is 1. The lowest BCUT2D eigenvalue weighted by atomic mass is 9.74. The second-order valence-corrected chi connectivity index (χ2v) is 8.06. The van der Waals surface area contributed by atoms with Crippen molar-refractivity contribution in [2.24, 2.45) is 10.4 Å². The van der Waals surface area contributed by atoms with Crippen LogP contribution in [0.15, 0.2) is 47.6 Å². The fourth-order valence-electron chi connectivity index (χ4n) is 4.46. The number of hydrogen-bond acceptors (Lipinski definition) is 5. The summed E-state index contributed by atoms with van der Waals surface area (Å²) in [6.07, 6.45) is 3.96. The molecule has 5 heterocycles. The molecule has 3 aliphatic heterocycles. The van der Waals surface area contributed by atoms with Crippen LogP contribution < -0.4 is 15.1 Å². The van der Waals surface area contributed by atoms with Gasteiger partial charge in [-0.25, -0.2) is 9.98 Å². The molecule has 0 saturated carbocycles. The summed E-state index contributed by atoms with van der Waals surface area (Å²) in [5.74, 6) is 1.89. The smallest absolute Gasteiger partial charge is 0.177 e. The van der Waals surface area contributed by atoms with Crippen molar-refractivity contribution in [1.29, 1.82) is 0 Å². The Balaban J connectivity index is 1.24. The normalized spacial score (nSPS) is 19.9. The molecule has 3 aromatic rings. The molecule has 2 N–H and O–H groups in total. The Morgan fingerprint density at radius 1 is 1.07 bits per heavy atom. The van der Waals surface area contributed by atoms with Gasteiger partial charge >= 0.3 is 0 Å². The number of nitrogens with zero attached hydrogens (tertiary/aromatic N) is 4. The van der Waals surface area contributed by atoms with Gasteiger partial charge in [0, 0.05) is 56.1 Å². The summed E-state index contributed by atoms with van der Waals surface area (Å²) < 4.78 is 0. The van der Waals surface area contributed by atoms with E-state index in [2.05, 4.69) is 61.5 Å². The van der Waals surface area contributed by atoms with Crippen molar-refractivity contribution in [1.82, 2.24) is 15.3 Å². The van der Waals surface area contributed by atoms with E-state index in [0.717, 1.165) is 56.6 Å². The summed E-state index contributed by atoms with van der Waals surface area (Å²) in [6, 6.07) is 13.1. The van der Waals surface area contributed by atoms with Crippen molar-refractivity contribution in [3.8, 4) is 0 Å². The number of pyridine rings is 1. The number of rotatable bonds is 3. The molecule has 2 saturated heterocycles. The lowest BCUT2D eigenvalue weighted by molar-refractivity contribution is 0.120. The lowest BCUT2D eigenvalue weighted by Crippen LogP contribution is -2.71. The maximum absolute atomic E-state index is 4.85.